The van der Waals surface area contributed by atoms with E-state index in [-0.39, 0.29) is 30.1 Å². The summed E-state index contributed by atoms with van der Waals surface area (Å²) in [5.74, 6) is 1.26. The second kappa shape index (κ2) is 14.4. The lowest BCUT2D eigenvalue weighted by Gasteiger charge is -2.58. The van der Waals surface area contributed by atoms with E-state index in [1.807, 2.05) is 6.92 Å². The van der Waals surface area contributed by atoms with Crippen molar-refractivity contribution in [2.24, 2.45) is 39.7 Å². The number of alkyl halides is 3. The number of fused-ring (bicyclic) bond motifs is 5. The SMILES string of the molecule is CC(=O)OC[C@H]1OC(O[C@H]2CC[C@@]3(C)C(=CCC4C3CC[C@@]3(C)C4CC[C@@H]3/C(C)=N/OCc3ccc(C(F)(F)F)cc3)C2)C=C[C@@H]1OC(C)=O. The van der Waals surface area contributed by atoms with E-state index in [9.17, 15) is 22.8 Å². The summed E-state index contributed by atoms with van der Waals surface area (Å²) in [5.41, 5.74) is 2.70. The summed E-state index contributed by atoms with van der Waals surface area (Å²) in [4.78, 5) is 28.7. The first kappa shape index (κ1) is 36.6. The van der Waals surface area contributed by atoms with Crippen LogP contribution < -0.4 is 0 Å². The number of esters is 2. The van der Waals surface area contributed by atoms with Crippen LogP contribution in [0.1, 0.15) is 97.1 Å². The zero-order valence-corrected chi connectivity index (χ0v) is 29.7. The van der Waals surface area contributed by atoms with Crippen LogP contribution in [0.2, 0.25) is 0 Å². The van der Waals surface area contributed by atoms with Crippen LogP contribution in [-0.4, -0.2) is 48.9 Å². The molecule has 0 aromatic heterocycles. The molecule has 3 fully saturated rings. The third kappa shape index (κ3) is 7.54. The second-order valence-corrected chi connectivity index (χ2v) is 15.4. The summed E-state index contributed by atoms with van der Waals surface area (Å²) in [6.45, 7) is 9.70. The molecular weight excluding hydrogens is 651 g/mol. The lowest BCUT2D eigenvalue weighted by atomic mass is 9.47. The number of carbonyl (C=O) groups excluding carboxylic acids is 2. The van der Waals surface area contributed by atoms with Gasteiger partial charge in [0.2, 0.25) is 0 Å². The van der Waals surface area contributed by atoms with Crippen LogP contribution in [0.3, 0.4) is 0 Å². The van der Waals surface area contributed by atoms with Gasteiger partial charge in [0.25, 0.3) is 0 Å². The first-order valence-corrected chi connectivity index (χ1v) is 18.0. The molecule has 1 heterocycles. The minimum absolute atomic E-state index is 0.00803. The zero-order chi connectivity index (χ0) is 35.8. The molecule has 8 nitrogen and oxygen atoms in total. The summed E-state index contributed by atoms with van der Waals surface area (Å²) in [6.07, 6.45) is 8.13. The molecule has 5 aliphatic rings. The summed E-state index contributed by atoms with van der Waals surface area (Å²) >= 11 is 0. The van der Waals surface area contributed by atoms with Gasteiger partial charge in [0.1, 0.15) is 25.4 Å². The Kier molecular flexibility index (Phi) is 10.6. The van der Waals surface area contributed by atoms with Crippen molar-refractivity contribution < 1.29 is 46.5 Å². The Labute approximate surface area is 292 Å². The maximum absolute atomic E-state index is 12.9. The number of oxime groups is 1. The van der Waals surface area contributed by atoms with E-state index in [4.69, 9.17) is 23.8 Å². The smallest absolute Gasteiger partial charge is 0.416 e. The average molecular weight is 702 g/mol. The normalized spacial score (nSPS) is 36.8. The Bertz CT molecular complexity index is 1510. The van der Waals surface area contributed by atoms with Gasteiger partial charge in [-0.15, -0.1) is 0 Å². The van der Waals surface area contributed by atoms with Gasteiger partial charge in [0.15, 0.2) is 6.29 Å². The molecule has 1 aromatic carbocycles. The van der Waals surface area contributed by atoms with Crippen molar-refractivity contribution in [2.45, 2.75) is 123 Å². The predicted octanol–water partition coefficient (Wildman–Crippen LogP) is 8.34. The number of hydrogen-bond donors (Lipinski definition) is 0. The predicted molar refractivity (Wildman–Crippen MR) is 179 cm³/mol. The molecule has 0 bridgehead atoms. The molecule has 4 aliphatic carbocycles. The Hall–Kier alpha value is -3.18. The number of benzene rings is 1. The quantitative estimate of drug-likeness (QED) is 0.111. The third-order valence-electron chi connectivity index (χ3n) is 12.5. The van der Waals surface area contributed by atoms with Gasteiger partial charge in [-0.3, -0.25) is 9.59 Å². The van der Waals surface area contributed by atoms with Gasteiger partial charge < -0.3 is 23.8 Å². The zero-order valence-electron chi connectivity index (χ0n) is 29.7. The van der Waals surface area contributed by atoms with Crippen molar-refractivity contribution >= 4 is 17.7 Å². The highest BCUT2D eigenvalue weighted by Crippen LogP contribution is 2.66. The van der Waals surface area contributed by atoms with Gasteiger partial charge >= 0.3 is 18.1 Å². The standard InChI is InChI=1S/C39H50F3NO7/c1-23(43-47-21-26-6-8-27(9-7-26)39(40,41)42)31-12-13-32-30-11-10-28-20-29(16-18-37(28,4)33(30)17-19-38(31,32)5)49-36-15-14-34(48-25(3)45)35(50-36)22-46-24(2)44/h6-10,14-15,29-36H,11-13,16-22H2,1-5H3/b43-23+/t29-,30?,31+,32?,33?,34-,35+,36?,37-,38+/m0/s1. The van der Waals surface area contributed by atoms with Gasteiger partial charge in [-0.2, -0.15) is 13.2 Å². The lowest BCUT2D eigenvalue weighted by Crippen LogP contribution is -2.51. The maximum atomic E-state index is 12.9. The fourth-order valence-electron chi connectivity index (χ4n) is 10.0. The summed E-state index contributed by atoms with van der Waals surface area (Å²) in [6, 6.07) is 5.05. The van der Waals surface area contributed by atoms with Gasteiger partial charge in [0, 0.05) is 19.8 Å². The number of ether oxygens (including phenoxy) is 4. The van der Waals surface area contributed by atoms with Crippen LogP contribution in [0.4, 0.5) is 13.2 Å². The minimum atomic E-state index is -4.36. The molecule has 0 radical (unpaired) electrons. The third-order valence-corrected chi connectivity index (χ3v) is 12.5. The molecule has 1 aromatic rings. The molecule has 11 heteroatoms. The van der Waals surface area contributed by atoms with Crippen molar-refractivity contribution in [3.05, 3.63) is 59.2 Å². The summed E-state index contributed by atoms with van der Waals surface area (Å²) < 4.78 is 61.9. The molecule has 4 unspecified atom stereocenters. The van der Waals surface area contributed by atoms with Crippen molar-refractivity contribution in [1.29, 1.82) is 0 Å². The fraction of sp³-hybridized carbons (Fsp3) is 0.667. The first-order chi connectivity index (χ1) is 23.7. The summed E-state index contributed by atoms with van der Waals surface area (Å²) in [5, 5.41) is 4.50. The highest BCUT2D eigenvalue weighted by molar-refractivity contribution is 5.85. The molecule has 6 rings (SSSR count). The average Bonchev–Trinajstić information content (AvgIpc) is 3.42. The molecule has 0 N–H and O–H groups in total. The van der Waals surface area contributed by atoms with Crippen molar-refractivity contribution in [3.8, 4) is 0 Å². The van der Waals surface area contributed by atoms with Gasteiger partial charge in [0.05, 0.1) is 17.4 Å². The first-order valence-electron chi connectivity index (χ1n) is 18.0. The molecule has 3 saturated carbocycles. The van der Waals surface area contributed by atoms with Crippen LogP contribution >= 0.6 is 0 Å². The summed E-state index contributed by atoms with van der Waals surface area (Å²) in [7, 11) is 0. The van der Waals surface area contributed by atoms with Gasteiger partial charge in [-0.1, -0.05) is 42.8 Å². The largest absolute Gasteiger partial charge is 0.463 e. The second-order valence-electron chi connectivity index (χ2n) is 15.4. The van der Waals surface area contributed by atoms with Gasteiger partial charge in [-0.25, -0.2) is 0 Å². The number of rotatable bonds is 9. The monoisotopic (exact) mass is 701 g/mol. The molecule has 1 aliphatic heterocycles. The van der Waals surface area contributed by atoms with Crippen LogP contribution in [0.25, 0.3) is 0 Å². The lowest BCUT2D eigenvalue weighted by molar-refractivity contribution is -0.213. The van der Waals surface area contributed by atoms with Crippen LogP contribution in [0.15, 0.2) is 53.2 Å². The molecule has 274 valence electrons. The Balaban J connectivity index is 1.06. The number of carbonyl (C=O) groups is 2. The van der Waals surface area contributed by atoms with Crippen molar-refractivity contribution in [2.75, 3.05) is 6.61 Å². The van der Waals surface area contributed by atoms with E-state index in [1.165, 1.54) is 31.6 Å². The molecule has 0 spiro atoms. The van der Waals surface area contributed by atoms with E-state index in [1.54, 1.807) is 12.2 Å². The Morgan fingerprint density at radius 3 is 2.42 bits per heavy atom. The molecular formula is C39H50F3NO7. The Morgan fingerprint density at radius 2 is 1.72 bits per heavy atom. The van der Waals surface area contributed by atoms with Gasteiger partial charge in [-0.05, 0) is 117 Å². The van der Waals surface area contributed by atoms with E-state index in [0.717, 1.165) is 69.2 Å². The molecule has 0 saturated heterocycles. The van der Waals surface area contributed by atoms with E-state index < -0.39 is 42.2 Å². The minimum Gasteiger partial charge on any atom is -0.463 e. The molecule has 0 amide bonds. The fourth-order valence-corrected chi connectivity index (χ4v) is 10.0. The van der Waals surface area contributed by atoms with E-state index in [0.29, 0.717) is 29.2 Å². The highest BCUT2D eigenvalue weighted by atomic mass is 19.4. The number of allylic oxidation sites excluding steroid dienone is 1. The van der Waals surface area contributed by atoms with Crippen LogP contribution in [-0.2, 0) is 46.2 Å². The van der Waals surface area contributed by atoms with E-state index in [2.05, 4.69) is 25.1 Å². The molecule has 10 atom stereocenters. The van der Waals surface area contributed by atoms with Crippen molar-refractivity contribution in [1.82, 2.24) is 0 Å². The van der Waals surface area contributed by atoms with Crippen molar-refractivity contribution in [3.63, 3.8) is 0 Å². The number of halogens is 3. The van der Waals surface area contributed by atoms with E-state index >= 15 is 0 Å². The topological polar surface area (TPSA) is 92.7 Å². The van der Waals surface area contributed by atoms with Crippen LogP contribution in [0.5, 0.6) is 0 Å². The number of nitrogens with zero attached hydrogens (tertiary/aromatic N) is 1. The van der Waals surface area contributed by atoms with Crippen LogP contribution in [0, 0.1) is 34.5 Å². The molecule has 50 heavy (non-hydrogen) atoms. The number of hydrogen-bond acceptors (Lipinski definition) is 8. The Morgan fingerprint density at radius 1 is 0.960 bits per heavy atom. The highest BCUT2D eigenvalue weighted by Gasteiger charge is 2.59. The maximum Gasteiger partial charge on any atom is 0.416 e.